The summed E-state index contributed by atoms with van der Waals surface area (Å²) in [6.07, 6.45) is 3.36. The van der Waals surface area contributed by atoms with Gasteiger partial charge in [0.1, 0.15) is 23.5 Å². The maximum Gasteiger partial charge on any atom is 0.230 e. The van der Waals surface area contributed by atoms with E-state index in [1.807, 2.05) is 0 Å². The number of imidazole rings is 1. The Hall–Kier alpha value is -2.67. The Bertz CT molecular complexity index is 912. The minimum absolute atomic E-state index is 0.201. The third-order valence-electron chi connectivity index (χ3n) is 4.05. The zero-order chi connectivity index (χ0) is 19.2. The molecule has 0 spiro atoms. The van der Waals surface area contributed by atoms with Crippen molar-refractivity contribution in [1.29, 1.82) is 0 Å². The van der Waals surface area contributed by atoms with E-state index < -0.39 is 11.9 Å². The van der Waals surface area contributed by atoms with E-state index in [9.17, 15) is 13.6 Å². The van der Waals surface area contributed by atoms with Crippen LogP contribution in [-0.2, 0) is 17.6 Å². The van der Waals surface area contributed by atoms with Gasteiger partial charge in [-0.15, -0.1) is 11.8 Å². The van der Waals surface area contributed by atoms with E-state index in [1.54, 1.807) is 54.3 Å². The van der Waals surface area contributed by atoms with Crippen molar-refractivity contribution in [2.24, 2.45) is 7.05 Å². The minimum atomic E-state index is -0.676. The molecule has 0 bridgehead atoms. The quantitative estimate of drug-likeness (QED) is 0.670. The largest absolute Gasteiger partial charge is 0.341 e. The van der Waals surface area contributed by atoms with Gasteiger partial charge in [0.15, 0.2) is 0 Å². The molecule has 0 aliphatic rings. The van der Waals surface area contributed by atoms with Crippen molar-refractivity contribution in [2.45, 2.75) is 11.8 Å². The topological polar surface area (TPSA) is 46.9 Å². The predicted octanol–water partition coefficient (Wildman–Crippen LogP) is 3.84. The molecule has 3 aromatic rings. The summed E-state index contributed by atoms with van der Waals surface area (Å²) in [5, 5.41) is 2.87. The van der Waals surface area contributed by atoms with Gasteiger partial charge in [0.25, 0.3) is 0 Å². The van der Waals surface area contributed by atoms with E-state index in [1.165, 1.54) is 30.0 Å². The van der Waals surface area contributed by atoms with Gasteiger partial charge >= 0.3 is 0 Å². The summed E-state index contributed by atoms with van der Waals surface area (Å²) in [7, 11) is 1.80. The number of benzene rings is 2. The lowest BCUT2D eigenvalue weighted by Crippen LogP contribution is -2.32. The molecule has 0 fully saturated rings. The smallest absolute Gasteiger partial charge is 0.230 e. The second-order valence-corrected chi connectivity index (χ2v) is 7.02. The van der Waals surface area contributed by atoms with Crippen LogP contribution in [0.4, 0.5) is 8.78 Å². The standard InChI is InChI=1S/C20H19F2N3OS/c1-25-11-10-23-20(25)19(16-4-2-3-5-17(16)22)24-18(26)13-27-12-14-6-8-15(21)9-7-14/h2-11,19H,12-13H2,1H3,(H,24,26). The highest BCUT2D eigenvalue weighted by Gasteiger charge is 2.23. The van der Waals surface area contributed by atoms with E-state index >= 15 is 0 Å². The van der Waals surface area contributed by atoms with E-state index in [0.717, 1.165) is 5.56 Å². The van der Waals surface area contributed by atoms with Gasteiger partial charge in [0.2, 0.25) is 5.91 Å². The highest BCUT2D eigenvalue weighted by molar-refractivity contribution is 7.99. The van der Waals surface area contributed by atoms with Crippen molar-refractivity contribution < 1.29 is 13.6 Å². The van der Waals surface area contributed by atoms with Crippen LogP contribution in [0.1, 0.15) is 23.0 Å². The molecule has 1 atom stereocenters. The van der Waals surface area contributed by atoms with Crippen molar-refractivity contribution >= 4 is 17.7 Å². The molecule has 27 heavy (non-hydrogen) atoms. The number of halogens is 2. The third-order valence-corrected chi connectivity index (χ3v) is 5.06. The van der Waals surface area contributed by atoms with E-state index in [-0.39, 0.29) is 17.5 Å². The summed E-state index contributed by atoms with van der Waals surface area (Å²) in [4.78, 5) is 16.7. The number of hydrogen-bond donors (Lipinski definition) is 1. The Morgan fingerprint density at radius 2 is 1.93 bits per heavy atom. The molecule has 140 valence electrons. The summed E-state index contributed by atoms with van der Waals surface area (Å²) >= 11 is 1.41. The Balaban J connectivity index is 1.67. The third kappa shape index (κ3) is 4.95. The molecule has 4 nitrogen and oxygen atoms in total. The average molecular weight is 387 g/mol. The molecule has 1 unspecified atom stereocenters. The van der Waals surface area contributed by atoms with Crippen molar-refractivity contribution in [1.82, 2.24) is 14.9 Å². The number of nitrogens with zero attached hydrogens (tertiary/aromatic N) is 2. The SMILES string of the molecule is Cn1ccnc1C(NC(=O)CSCc1ccc(F)cc1)c1ccccc1F. The molecule has 0 saturated heterocycles. The second-order valence-electron chi connectivity index (χ2n) is 6.04. The molecule has 2 aromatic carbocycles. The molecule has 1 N–H and O–H groups in total. The molecule has 0 aliphatic carbocycles. The predicted molar refractivity (Wildman–Crippen MR) is 102 cm³/mol. The first-order chi connectivity index (χ1) is 13.0. The Morgan fingerprint density at radius 1 is 1.19 bits per heavy atom. The molecule has 0 aliphatic heterocycles. The molecule has 1 amide bonds. The fraction of sp³-hybridized carbons (Fsp3) is 0.200. The van der Waals surface area contributed by atoms with E-state index in [0.29, 0.717) is 17.1 Å². The second kappa shape index (κ2) is 8.81. The van der Waals surface area contributed by atoms with Crippen molar-refractivity contribution in [3.8, 4) is 0 Å². The maximum atomic E-state index is 14.3. The number of aromatic nitrogens is 2. The first-order valence-corrected chi connectivity index (χ1v) is 9.53. The van der Waals surface area contributed by atoms with Crippen molar-refractivity contribution in [3.05, 3.63) is 89.5 Å². The van der Waals surface area contributed by atoms with Crippen LogP contribution < -0.4 is 5.32 Å². The summed E-state index contributed by atoms with van der Waals surface area (Å²) in [5.41, 5.74) is 1.30. The lowest BCUT2D eigenvalue weighted by atomic mass is 10.1. The van der Waals surface area contributed by atoms with Crippen molar-refractivity contribution in [3.63, 3.8) is 0 Å². The van der Waals surface area contributed by atoms with Gasteiger partial charge in [-0.05, 0) is 23.8 Å². The van der Waals surface area contributed by atoms with Crippen LogP contribution in [0.5, 0.6) is 0 Å². The van der Waals surface area contributed by atoms with Gasteiger partial charge in [-0.2, -0.15) is 0 Å². The number of hydrogen-bond acceptors (Lipinski definition) is 3. The molecular formula is C20H19F2N3OS. The first-order valence-electron chi connectivity index (χ1n) is 8.38. The molecule has 7 heteroatoms. The molecule has 1 heterocycles. The Labute approximate surface area is 160 Å². The van der Waals surface area contributed by atoms with Gasteiger partial charge < -0.3 is 9.88 Å². The van der Waals surface area contributed by atoms with Gasteiger partial charge in [-0.3, -0.25) is 4.79 Å². The van der Waals surface area contributed by atoms with E-state index in [2.05, 4.69) is 10.3 Å². The van der Waals surface area contributed by atoms with Crippen LogP contribution in [0.3, 0.4) is 0 Å². The fourth-order valence-electron chi connectivity index (χ4n) is 2.69. The van der Waals surface area contributed by atoms with E-state index in [4.69, 9.17) is 0 Å². The lowest BCUT2D eigenvalue weighted by Gasteiger charge is -2.19. The highest BCUT2D eigenvalue weighted by atomic mass is 32.2. The summed E-state index contributed by atoms with van der Waals surface area (Å²) in [6.45, 7) is 0. The molecule has 0 saturated carbocycles. The van der Waals surface area contributed by atoms with Crippen LogP contribution >= 0.6 is 11.8 Å². The molecule has 3 rings (SSSR count). The highest BCUT2D eigenvalue weighted by Crippen LogP contribution is 2.23. The number of thioether (sulfide) groups is 1. The summed E-state index contributed by atoms with van der Waals surface area (Å²) in [6, 6.07) is 11.8. The zero-order valence-corrected chi connectivity index (χ0v) is 15.5. The Kier molecular flexibility index (Phi) is 6.24. The molecule has 1 aromatic heterocycles. The van der Waals surface area contributed by atoms with Crippen LogP contribution in [-0.4, -0.2) is 21.2 Å². The first kappa shape index (κ1) is 19.1. The number of nitrogens with one attached hydrogen (secondary N) is 1. The normalized spacial score (nSPS) is 12.0. The van der Waals surface area contributed by atoms with Crippen LogP contribution in [0.15, 0.2) is 60.9 Å². The van der Waals surface area contributed by atoms with Gasteiger partial charge in [0, 0.05) is 30.8 Å². The number of carbonyl (C=O) groups is 1. The van der Waals surface area contributed by atoms with Crippen LogP contribution in [0.2, 0.25) is 0 Å². The monoisotopic (exact) mass is 387 g/mol. The van der Waals surface area contributed by atoms with Crippen LogP contribution in [0.25, 0.3) is 0 Å². The van der Waals surface area contributed by atoms with Crippen molar-refractivity contribution in [2.75, 3.05) is 5.75 Å². The summed E-state index contributed by atoms with van der Waals surface area (Å²) in [5.74, 6) is 0.428. The Morgan fingerprint density at radius 3 is 2.59 bits per heavy atom. The fourth-order valence-corrected chi connectivity index (χ4v) is 3.49. The number of carbonyl (C=O) groups excluding carboxylic acids is 1. The number of aryl methyl sites for hydroxylation is 1. The minimum Gasteiger partial charge on any atom is -0.341 e. The summed E-state index contributed by atoms with van der Waals surface area (Å²) < 4.78 is 29.0. The van der Waals surface area contributed by atoms with Gasteiger partial charge in [-0.25, -0.2) is 13.8 Å². The zero-order valence-electron chi connectivity index (χ0n) is 14.7. The van der Waals surface area contributed by atoms with Crippen LogP contribution in [0, 0.1) is 11.6 Å². The number of rotatable bonds is 7. The average Bonchev–Trinajstić information content (AvgIpc) is 3.08. The number of amides is 1. The van der Waals surface area contributed by atoms with Gasteiger partial charge in [0.05, 0.1) is 5.75 Å². The molecular weight excluding hydrogens is 368 g/mol. The van der Waals surface area contributed by atoms with Gasteiger partial charge in [-0.1, -0.05) is 30.3 Å². The lowest BCUT2D eigenvalue weighted by molar-refractivity contribution is -0.119. The maximum absolute atomic E-state index is 14.3. The molecule has 0 radical (unpaired) electrons.